The molecule has 1 N–H and O–H groups in total. The second-order valence-electron chi connectivity index (χ2n) is 5.44. The van der Waals surface area contributed by atoms with Gasteiger partial charge in [0.25, 0.3) is 0 Å². The van der Waals surface area contributed by atoms with Gasteiger partial charge in [0.15, 0.2) is 0 Å². The van der Waals surface area contributed by atoms with Gasteiger partial charge in [-0.1, -0.05) is 43.8 Å². The van der Waals surface area contributed by atoms with Crippen molar-refractivity contribution in [1.82, 2.24) is 5.32 Å². The number of benzene rings is 2. The Bertz CT molecular complexity index is 575. The maximum absolute atomic E-state index is 3.52. The fraction of sp³-hybridized carbons (Fsp3) is 0.368. The van der Waals surface area contributed by atoms with E-state index in [1.165, 1.54) is 26.5 Å². The van der Waals surface area contributed by atoms with Crippen molar-refractivity contribution in [2.24, 2.45) is 0 Å². The number of hydrogen-bond donors (Lipinski definition) is 1. The number of nitrogens with one attached hydrogen (secondary N) is 1. The van der Waals surface area contributed by atoms with Gasteiger partial charge in [0.05, 0.1) is 0 Å². The Kier molecular flexibility index (Phi) is 5.89. The van der Waals surface area contributed by atoms with Gasteiger partial charge in [0.2, 0.25) is 0 Å². The molecule has 2 aromatic carbocycles. The van der Waals surface area contributed by atoms with Crippen molar-refractivity contribution in [2.75, 3.05) is 6.54 Å². The van der Waals surface area contributed by atoms with E-state index in [2.05, 4.69) is 75.5 Å². The van der Waals surface area contributed by atoms with E-state index < -0.39 is 0 Å². The molecule has 2 rings (SSSR count). The molecule has 2 heteroatoms. The minimum atomic E-state index is 0.468. The summed E-state index contributed by atoms with van der Waals surface area (Å²) in [6.45, 7) is 9.73. The predicted octanol–water partition coefficient (Wildman–Crippen LogP) is 5.52. The third kappa shape index (κ3) is 4.36. The molecule has 1 unspecified atom stereocenters. The molecule has 0 radical (unpaired) electrons. The second kappa shape index (κ2) is 7.67. The van der Waals surface area contributed by atoms with E-state index in [0.717, 1.165) is 13.0 Å². The molecule has 1 nitrogen and oxygen atoms in total. The van der Waals surface area contributed by atoms with Gasteiger partial charge >= 0.3 is 0 Å². The molecule has 0 bridgehead atoms. The lowest BCUT2D eigenvalue weighted by molar-refractivity contribution is 0.537. The van der Waals surface area contributed by atoms with E-state index in [-0.39, 0.29) is 0 Å². The summed E-state index contributed by atoms with van der Waals surface area (Å²) in [5.41, 5.74) is 4.09. The van der Waals surface area contributed by atoms with E-state index in [9.17, 15) is 0 Å². The minimum absolute atomic E-state index is 0.468. The predicted molar refractivity (Wildman–Crippen MR) is 93.2 cm³/mol. The van der Waals surface area contributed by atoms with Crippen LogP contribution in [0.25, 0.3) is 0 Å². The molecule has 1 atom stereocenters. The molecule has 0 aliphatic carbocycles. The lowest BCUT2D eigenvalue weighted by Gasteiger charge is -2.16. The summed E-state index contributed by atoms with van der Waals surface area (Å²) in [5, 5.41) is 3.52. The van der Waals surface area contributed by atoms with Crippen LogP contribution in [0.2, 0.25) is 0 Å². The van der Waals surface area contributed by atoms with Crippen molar-refractivity contribution < 1.29 is 0 Å². The average Bonchev–Trinajstić information content (AvgIpc) is 2.49. The van der Waals surface area contributed by atoms with Crippen LogP contribution in [0.1, 0.15) is 43.0 Å². The Morgan fingerprint density at radius 2 is 1.57 bits per heavy atom. The Labute approximate surface area is 133 Å². The summed E-state index contributed by atoms with van der Waals surface area (Å²) in [7, 11) is 0. The molecule has 0 saturated heterocycles. The van der Waals surface area contributed by atoms with Crippen LogP contribution in [0.3, 0.4) is 0 Å². The smallest absolute Gasteiger partial charge is 0.0317 e. The summed E-state index contributed by atoms with van der Waals surface area (Å²) >= 11 is 1.83. The number of rotatable bonds is 6. The van der Waals surface area contributed by atoms with Crippen LogP contribution < -0.4 is 5.32 Å². The van der Waals surface area contributed by atoms with E-state index in [1.807, 2.05) is 11.8 Å². The molecule has 0 aliphatic rings. The first-order valence-corrected chi connectivity index (χ1v) is 8.54. The average molecular weight is 299 g/mol. The van der Waals surface area contributed by atoms with Crippen LogP contribution >= 0.6 is 11.8 Å². The summed E-state index contributed by atoms with van der Waals surface area (Å²) in [5.74, 6) is 0. The zero-order valence-electron chi connectivity index (χ0n) is 13.4. The minimum Gasteiger partial charge on any atom is -0.310 e. The van der Waals surface area contributed by atoms with Crippen LogP contribution in [0, 0.1) is 13.8 Å². The van der Waals surface area contributed by atoms with Gasteiger partial charge in [-0.05, 0) is 67.8 Å². The van der Waals surface area contributed by atoms with Crippen LogP contribution in [-0.2, 0) is 0 Å². The van der Waals surface area contributed by atoms with Gasteiger partial charge in [-0.25, -0.2) is 0 Å². The van der Waals surface area contributed by atoms with Crippen molar-refractivity contribution in [1.29, 1.82) is 0 Å². The number of hydrogen-bond acceptors (Lipinski definition) is 2. The molecule has 0 spiro atoms. The number of aryl methyl sites for hydroxylation is 2. The zero-order chi connectivity index (χ0) is 15.2. The largest absolute Gasteiger partial charge is 0.310 e. The molecule has 0 saturated carbocycles. The van der Waals surface area contributed by atoms with Crippen molar-refractivity contribution in [3.63, 3.8) is 0 Å². The first-order chi connectivity index (χ1) is 10.1. The molecule has 2 aromatic rings. The molecule has 0 heterocycles. The summed E-state index contributed by atoms with van der Waals surface area (Å²) in [6.07, 6.45) is 1.12. The van der Waals surface area contributed by atoms with E-state index in [1.54, 1.807) is 0 Å². The SMILES string of the molecule is CCNC(CC)c1ccc(Sc2ccc(C)c(C)c2)cc1. The molecule has 0 amide bonds. The topological polar surface area (TPSA) is 12.0 Å². The van der Waals surface area contributed by atoms with E-state index in [0.29, 0.717) is 6.04 Å². The van der Waals surface area contributed by atoms with Gasteiger partial charge in [-0.2, -0.15) is 0 Å². The maximum atomic E-state index is 3.52. The van der Waals surface area contributed by atoms with Crippen LogP contribution in [0.15, 0.2) is 52.3 Å². The van der Waals surface area contributed by atoms with E-state index in [4.69, 9.17) is 0 Å². The zero-order valence-corrected chi connectivity index (χ0v) is 14.3. The summed E-state index contributed by atoms with van der Waals surface area (Å²) in [6, 6.07) is 16.1. The molecule has 112 valence electrons. The van der Waals surface area contributed by atoms with Crippen molar-refractivity contribution in [2.45, 2.75) is 49.9 Å². The van der Waals surface area contributed by atoms with Gasteiger partial charge in [0, 0.05) is 15.8 Å². The first kappa shape index (κ1) is 16.1. The van der Waals surface area contributed by atoms with Gasteiger partial charge < -0.3 is 5.32 Å². The lowest BCUT2D eigenvalue weighted by atomic mass is 10.1. The van der Waals surface area contributed by atoms with Gasteiger partial charge in [-0.3, -0.25) is 0 Å². The van der Waals surface area contributed by atoms with Crippen molar-refractivity contribution in [3.8, 4) is 0 Å². The Morgan fingerprint density at radius 1 is 0.905 bits per heavy atom. The molecule has 0 fully saturated rings. The Balaban J connectivity index is 2.09. The van der Waals surface area contributed by atoms with Gasteiger partial charge in [0.1, 0.15) is 0 Å². The highest BCUT2D eigenvalue weighted by Gasteiger charge is 2.07. The lowest BCUT2D eigenvalue weighted by Crippen LogP contribution is -2.19. The molecule has 0 aromatic heterocycles. The molecule has 21 heavy (non-hydrogen) atoms. The second-order valence-corrected chi connectivity index (χ2v) is 6.58. The third-order valence-corrected chi connectivity index (χ3v) is 4.85. The fourth-order valence-corrected chi connectivity index (χ4v) is 3.34. The van der Waals surface area contributed by atoms with E-state index >= 15 is 0 Å². The summed E-state index contributed by atoms with van der Waals surface area (Å²) < 4.78 is 0. The highest BCUT2D eigenvalue weighted by Crippen LogP contribution is 2.30. The Hall–Kier alpha value is -1.25. The van der Waals surface area contributed by atoms with Crippen molar-refractivity contribution >= 4 is 11.8 Å². The normalized spacial score (nSPS) is 12.4. The quantitative estimate of drug-likeness (QED) is 0.754. The standard InChI is InChI=1S/C19H25NS/c1-5-19(20-6-2)16-8-11-17(12-9-16)21-18-10-7-14(3)15(4)13-18/h7-13,19-20H,5-6H2,1-4H3. The first-order valence-electron chi connectivity index (χ1n) is 7.72. The van der Waals surface area contributed by atoms with Crippen LogP contribution in [0.5, 0.6) is 0 Å². The Morgan fingerprint density at radius 3 is 2.14 bits per heavy atom. The highest BCUT2D eigenvalue weighted by molar-refractivity contribution is 7.99. The maximum Gasteiger partial charge on any atom is 0.0317 e. The third-order valence-electron chi connectivity index (χ3n) is 3.86. The summed E-state index contributed by atoms with van der Waals surface area (Å²) in [4.78, 5) is 2.61. The van der Waals surface area contributed by atoms with Gasteiger partial charge in [-0.15, -0.1) is 0 Å². The monoisotopic (exact) mass is 299 g/mol. The molecule has 0 aliphatic heterocycles. The highest BCUT2D eigenvalue weighted by atomic mass is 32.2. The van der Waals surface area contributed by atoms with Crippen LogP contribution in [-0.4, -0.2) is 6.54 Å². The molecular weight excluding hydrogens is 274 g/mol. The molecular formula is C19H25NS. The fourth-order valence-electron chi connectivity index (χ4n) is 2.43. The van der Waals surface area contributed by atoms with Crippen molar-refractivity contribution in [3.05, 3.63) is 59.2 Å². The van der Waals surface area contributed by atoms with Crippen LogP contribution in [0.4, 0.5) is 0 Å².